The fourth-order valence-electron chi connectivity index (χ4n) is 1.26. The normalized spacial score (nSPS) is 14.6. The van der Waals surface area contributed by atoms with Crippen molar-refractivity contribution in [2.75, 3.05) is 7.05 Å². The van der Waals surface area contributed by atoms with E-state index in [2.05, 4.69) is 43.1 Å². The van der Waals surface area contributed by atoms with E-state index in [1.165, 1.54) is 11.1 Å². The third kappa shape index (κ3) is 4.80. The van der Waals surface area contributed by atoms with Gasteiger partial charge in [0.2, 0.25) is 0 Å². The van der Waals surface area contributed by atoms with Gasteiger partial charge in [-0.1, -0.05) is 31.2 Å². The molecule has 0 aliphatic carbocycles. The second-order valence-corrected chi connectivity index (χ2v) is 3.03. The molecule has 0 spiro atoms. The first-order valence-electron chi connectivity index (χ1n) is 5.19. The zero-order chi connectivity index (χ0) is 10.8. The summed E-state index contributed by atoms with van der Waals surface area (Å²) in [7, 11) is 1.80. The second kappa shape index (κ2) is 8.49. The first kappa shape index (κ1) is 12.9. The molecule has 0 fully saturated rings. The van der Waals surface area contributed by atoms with Gasteiger partial charge in [0.05, 0.1) is 0 Å². The number of hydrogen-bond donors (Lipinski definition) is 0. The molecule has 14 heavy (non-hydrogen) atoms. The SMILES string of the molecule is C/C=C(C=NC)/C(=C/C)C/C=C\CC. The van der Waals surface area contributed by atoms with Crippen molar-refractivity contribution in [1.29, 1.82) is 0 Å². The summed E-state index contributed by atoms with van der Waals surface area (Å²) >= 11 is 0. The molecule has 0 amide bonds. The molecule has 0 saturated heterocycles. The molecular weight excluding hydrogens is 170 g/mol. The predicted molar refractivity (Wildman–Crippen MR) is 66.0 cm³/mol. The van der Waals surface area contributed by atoms with Crippen molar-refractivity contribution < 1.29 is 0 Å². The van der Waals surface area contributed by atoms with Gasteiger partial charge in [-0.3, -0.25) is 4.99 Å². The zero-order valence-electron chi connectivity index (χ0n) is 9.75. The fraction of sp³-hybridized carbons (Fsp3) is 0.462. The van der Waals surface area contributed by atoms with Gasteiger partial charge in [0.15, 0.2) is 0 Å². The van der Waals surface area contributed by atoms with Crippen LogP contribution in [0.1, 0.15) is 33.6 Å². The van der Waals surface area contributed by atoms with Gasteiger partial charge in [-0.2, -0.15) is 0 Å². The minimum atomic E-state index is 0.996. The Bertz CT molecular complexity index is 254. The van der Waals surface area contributed by atoms with Crippen LogP contribution in [-0.2, 0) is 0 Å². The first-order chi connectivity index (χ1) is 6.79. The molecule has 0 rings (SSSR count). The maximum atomic E-state index is 4.05. The second-order valence-electron chi connectivity index (χ2n) is 3.03. The molecule has 0 aliphatic rings. The minimum absolute atomic E-state index is 0.996. The van der Waals surface area contributed by atoms with Crippen LogP contribution in [-0.4, -0.2) is 13.3 Å². The van der Waals surface area contributed by atoms with Gasteiger partial charge in [-0.25, -0.2) is 0 Å². The van der Waals surface area contributed by atoms with E-state index in [9.17, 15) is 0 Å². The summed E-state index contributed by atoms with van der Waals surface area (Å²) in [5.74, 6) is 0. The largest absolute Gasteiger partial charge is 0.296 e. The Morgan fingerprint density at radius 2 is 1.86 bits per heavy atom. The molecular formula is C13H21N. The molecule has 0 N–H and O–H groups in total. The molecule has 0 aromatic carbocycles. The van der Waals surface area contributed by atoms with Gasteiger partial charge < -0.3 is 0 Å². The van der Waals surface area contributed by atoms with Gasteiger partial charge in [0.1, 0.15) is 0 Å². The third-order valence-corrected chi connectivity index (χ3v) is 2.04. The number of nitrogens with zero attached hydrogens (tertiary/aromatic N) is 1. The summed E-state index contributed by atoms with van der Waals surface area (Å²) in [5.41, 5.74) is 2.55. The summed E-state index contributed by atoms with van der Waals surface area (Å²) in [6.45, 7) is 6.27. The van der Waals surface area contributed by atoms with E-state index in [1.807, 2.05) is 13.1 Å². The van der Waals surface area contributed by atoms with Crippen LogP contribution < -0.4 is 0 Å². The number of aliphatic imine (C=N–C) groups is 1. The maximum Gasteiger partial charge on any atom is 0.0280 e. The number of allylic oxidation sites excluding steroid dienone is 6. The Morgan fingerprint density at radius 1 is 1.14 bits per heavy atom. The molecule has 0 atom stereocenters. The van der Waals surface area contributed by atoms with Gasteiger partial charge in [0, 0.05) is 13.3 Å². The molecule has 0 radical (unpaired) electrons. The fourth-order valence-corrected chi connectivity index (χ4v) is 1.26. The molecule has 78 valence electrons. The van der Waals surface area contributed by atoms with Gasteiger partial charge in [-0.15, -0.1) is 0 Å². The highest BCUT2D eigenvalue weighted by Crippen LogP contribution is 2.13. The highest BCUT2D eigenvalue weighted by atomic mass is 14.6. The van der Waals surface area contributed by atoms with E-state index < -0.39 is 0 Å². The van der Waals surface area contributed by atoms with Gasteiger partial charge in [-0.05, 0) is 37.8 Å². The van der Waals surface area contributed by atoms with Gasteiger partial charge >= 0.3 is 0 Å². The average molecular weight is 191 g/mol. The summed E-state index contributed by atoms with van der Waals surface area (Å²) < 4.78 is 0. The first-order valence-corrected chi connectivity index (χ1v) is 5.19. The van der Waals surface area contributed by atoms with Crippen molar-refractivity contribution in [2.24, 2.45) is 4.99 Å². The monoisotopic (exact) mass is 191 g/mol. The molecule has 1 heteroatoms. The molecule has 0 saturated carbocycles. The smallest absolute Gasteiger partial charge is 0.0280 e. The van der Waals surface area contributed by atoms with Crippen molar-refractivity contribution in [3.63, 3.8) is 0 Å². The van der Waals surface area contributed by atoms with Crippen molar-refractivity contribution in [1.82, 2.24) is 0 Å². The lowest BCUT2D eigenvalue weighted by Crippen LogP contribution is -1.90. The Balaban J connectivity index is 4.48. The van der Waals surface area contributed by atoms with Crippen LogP contribution in [0.3, 0.4) is 0 Å². The molecule has 0 aliphatic heterocycles. The van der Waals surface area contributed by atoms with Crippen molar-refractivity contribution in [3.8, 4) is 0 Å². The number of rotatable bonds is 5. The van der Waals surface area contributed by atoms with Crippen LogP contribution >= 0.6 is 0 Å². The van der Waals surface area contributed by atoms with Crippen molar-refractivity contribution in [2.45, 2.75) is 33.6 Å². The summed E-state index contributed by atoms with van der Waals surface area (Å²) in [5, 5.41) is 0. The Labute approximate surface area is 87.9 Å². The van der Waals surface area contributed by atoms with Crippen LogP contribution in [0.5, 0.6) is 0 Å². The average Bonchev–Trinajstić information content (AvgIpc) is 2.22. The molecule has 0 bridgehead atoms. The van der Waals surface area contributed by atoms with Crippen LogP contribution in [0.25, 0.3) is 0 Å². The molecule has 0 aromatic rings. The third-order valence-electron chi connectivity index (χ3n) is 2.04. The predicted octanol–water partition coefficient (Wildman–Crippen LogP) is 3.94. The molecule has 0 aromatic heterocycles. The van der Waals surface area contributed by atoms with E-state index in [1.54, 1.807) is 7.05 Å². The molecule has 1 nitrogen and oxygen atoms in total. The lowest BCUT2D eigenvalue weighted by atomic mass is 10.0. The highest BCUT2D eigenvalue weighted by Gasteiger charge is 1.97. The summed E-state index contributed by atoms with van der Waals surface area (Å²) in [6, 6.07) is 0. The van der Waals surface area contributed by atoms with Crippen LogP contribution in [0.4, 0.5) is 0 Å². The van der Waals surface area contributed by atoms with Gasteiger partial charge in [0.25, 0.3) is 0 Å². The summed E-state index contributed by atoms with van der Waals surface area (Å²) in [4.78, 5) is 4.05. The highest BCUT2D eigenvalue weighted by molar-refractivity contribution is 5.84. The Kier molecular flexibility index (Phi) is 7.81. The molecule has 0 unspecified atom stereocenters. The Hall–Kier alpha value is -1.11. The Morgan fingerprint density at radius 3 is 2.29 bits per heavy atom. The van der Waals surface area contributed by atoms with Crippen LogP contribution in [0.2, 0.25) is 0 Å². The van der Waals surface area contributed by atoms with E-state index in [0.29, 0.717) is 0 Å². The van der Waals surface area contributed by atoms with Crippen LogP contribution in [0.15, 0.2) is 40.4 Å². The van der Waals surface area contributed by atoms with Crippen molar-refractivity contribution in [3.05, 3.63) is 35.5 Å². The standard InChI is InChI=1S/C13H21N/c1-5-8-9-10-12(6-2)13(7-3)11-14-4/h6-9,11H,5,10H2,1-4H3/b9-8-,12-6+,13-7+,14-11?. The summed E-state index contributed by atoms with van der Waals surface area (Å²) in [6.07, 6.45) is 12.7. The van der Waals surface area contributed by atoms with E-state index in [4.69, 9.17) is 0 Å². The molecule has 0 heterocycles. The quantitative estimate of drug-likeness (QED) is 0.354. The van der Waals surface area contributed by atoms with Crippen molar-refractivity contribution >= 4 is 6.21 Å². The van der Waals surface area contributed by atoms with Crippen LogP contribution in [0, 0.1) is 0 Å². The van der Waals surface area contributed by atoms with E-state index in [0.717, 1.165) is 12.8 Å². The maximum absolute atomic E-state index is 4.05. The topological polar surface area (TPSA) is 12.4 Å². The zero-order valence-corrected chi connectivity index (χ0v) is 9.75. The minimum Gasteiger partial charge on any atom is -0.296 e. The lowest BCUT2D eigenvalue weighted by Gasteiger charge is -2.03. The number of hydrogen-bond acceptors (Lipinski definition) is 1. The van der Waals surface area contributed by atoms with E-state index >= 15 is 0 Å². The van der Waals surface area contributed by atoms with E-state index in [-0.39, 0.29) is 0 Å². The lowest BCUT2D eigenvalue weighted by molar-refractivity contribution is 1.17.